The van der Waals surface area contributed by atoms with Crippen LogP contribution in [0.15, 0.2) is 24.3 Å². The number of hydrogen-bond donors (Lipinski definition) is 1. The Hall–Kier alpha value is -2.35. The zero-order chi connectivity index (χ0) is 12.8. The van der Waals surface area contributed by atoms with Crippen LogP contribution in [-0.4, -0.2) is 30.9 Å². The average molecular weight is 234 g/mol. The minimum absolute atomic E-state index is 0.378. The molecule has 0 heterocycles. The monoisotopic (exact) mass is 234 g/mol. The molecule has 0 saturated carbocycles. The lowest BCUT2D eigenvalue weighted by Crippen LogP contribution is -2.38. The van der Waals surface area contributed by atoms with Gasteiger partial charge in [-0.3, -0.25) is 9.69 Å². The van der Waals surface area contributed by atoms with Crippen LogP contribution in [0.25, 0.3) is 0 Å². The van der Waals surface area contributed by atoms with E-state index in [0.717, 1.165) is 4.90 Å². The highest BCUT2D eigenvalue weighted by Gasteiger charge is 2.12. The maximum Gasteiger partial charge on any atom is 0.324 e. The van der Waals surface area contributed by atoms with E-state index >= 15 is 0 Å². The summed E-state index contributed by atoms with van der Waals surface area (Å²) in [6, 6.07) is 5.00. The van der Waals surface area contributed by atoms with Crippen molar-refractivity contribution in [1.82, 2.24) is 10.2 Å². The number of carbonyl (C=O) groups excluding carboxylic acids is 2. The first-order chi connectivity index (χ1) is 8.04. The van der Waals surface area contributed by atoms with E-state index in [4.69, 9.17) is 0 Å². The van der Waals surface area contributed by atoms with Crippen LogP contribution in [0.3, 0.4) is 0 Å². The molecule has 5 heteroatoms. The van der Waals surface area contributed by atoms with E-state index in [0.29, 0.717) is 5.56 Å². The van der Waals surface area contributed by atoms with Gasteiger partial charge in [0.05, 0.1) is 0 Å². The van der Waals surface area contributed by atoms with Crippen molar-refractivity contribution in [2.75, 3.05) is 14.1 Å². The van der Waals surface area contributed by atoms with Crippen LogP contribution in [0.2, 0.25) is 0 Å². The van der Waals surface area contributed by atoms with Gasteiger partial charge in [-0.1, -0.05) is 12.0 Å². The Balaban J connectivity index is 2.79. The lowest BCUT2D eigenvalue weighted by Gasteiger charge is -2.09. The first-order valence-electron chi connectivity index (χ1n) is 4.81. The van der Waals surface area contributed by atoms with E-state index in [2.05, 4.69) is 17.2 Å². The van der Waals surface area contributed by atoms with Crippen molar-refractivity contribution >= 4 is 11.9 Å². The number of urea groups is 1. The highest BCUT2D eigenvalue weighted by Crippen LogP contribution is 2.01. The molecule has 0 aliphatic carbocycles. The molecule has 0 saturated heterocycles. The molecule has 0 atom stereocenters. The molecule has 0 aliphatic rings. The van der Waals surface area contributed by atoms with Gasteiger partial charge in [-0.05, 0) is 18.2 Å². The fourth-order valence-corrected chi connectivity index (χ4v) is 1.04. The van der Waals surface area contributed by atoms with Gasteiger partial charge < -0.3 is 5.32 Å². The lowest BCUT2D eigenvalue weighted by atomic mass is 10.2. The van der Waals surface area contributed by atoms with Gasteiger partial charge in [-0.25, -0.2) is 9.18 Å². The highest BCUT2D eigenvalue weighted by molar-refractivity contribution is 6.03. The Morgan fingerprint density at radius 1 is 1.41 bits per heavy atom. The summed E-state index contributed by atoms with van der Waals surface area (Å²) in [6.45, 7) is 0. The van der Waals surface area contributed by atoms with Gasteiger partial charge in [0.2, 0.25) is 0 Å². The standard InChI is InChI=1S/C12H11FN2O2/c1-14-12(17)15(2)11(16)7-6-9-4-3-5-10(13)8-9/h3-5,8H,1-2H3,(H,14,17). The van der Waals surface area contributed by atoms with Crippen LogP contribution in [0.4, 0.5) is 9.18 Å². The second kappa shape index (κ2) is 5.66. The maximum atomic E-state index is 12.8. The number of amides is 3. The van der Waals surface area contributed by atoms with Crippen LogP contribution in [0.5, 0.6) is 0 Å². The number of carbonyl (C=O) groups is 2. The van der Waals surface area contributed by atoms with Gasteiger partial charge in [0.15, 0.2) is 0 Å². The van der Waals surface area contributed by atoms with Gasteiger partial charge >= 0.3 is 11.9 Å². The predicted octanol–water partition coefficient (Wildman–Crippen LogP) is 0.975. The summed E-state index contributed by atoms with van der Waals surface area (Å²) >= 11 is 0. The third-order valence-electron chi connectivity index (χ3n) is 1.96. The molecule has 0 bridgehead atoms. The number of nitrogens with one attached hydrogen (secondary N) is 1. The van der Waals surface area contributed by atoms with Crippen LogP contribution < -0.4 is 5.32 Å². The zero-order valence-electron chi connectivity index (χ0n) is 9.45. The summed E-state index contributed by atoms with van der Waals surface area (Å²) in [6.07, 6.45) is 0. The second-order valence-corrected chi connectivity index (χ2v) is 3.18. The van der Waals surface area contributed by atoms with Gasteiger partial charge in [-0.2, -0.15) is 0 Å². The Morgan fingerprint density at radius 3 is 2.71 bits per heavy atom. The quantitative estimate of drug-likeness (QED) is 0.680. The van der Waals surface area contributed by atoms with Crippen LogP contribution in [-0.2, 0) is 4.79 Å². The SMILES string of the molecule is CNC(=O)N(C)C(=O)C#Cc1cccc(F)c1. The smallest absolute Gasteiger partial charge is 0.324 e. The topological polar surface area (TPSA) is 49.4 Å². The summed E-state index contributed by atoms with van der Waals surface area (Å²) in [5.74, 6) is 3.65. The molecule has 0 radical (unpaired) electrons. The van der Waals surface area contributed by atoms with Crippen molar-refractivity contribution in [2.45, 2.75) is 0 Å². The van der Waals surface area contributed by atoms with Gasteiger partial charge in [-0.15, -0.1) is 0 Å². The number of nitrogens with zero attached hydrogens (tertiary/aromatic N) is 1. The molecule has 0 spiro atoms. The molecule has 4 nitrogen and oxygen atoms in total. The molecule has 1 N–H and O–H groups in total. The maximum absolute atomic E-state index is 12.8. The third kappa shape index (κ3) is 3.61. The Labute approximate surface area is 98.4 Å². The lowest BCUT2D eigenvalue weighted by molar-refractivity contribution is -0.121. The van der Waals surface area contributed by atoms with Crippen LogP contribution >= 0.6 is 0 Å². The first kappa shape index (κ1) is 12.7. The Bertz CT molecular complexity index is 503. The van der Waals surface area contributed by atoms with Crippen molar-refractivity contribution in [3.05, 3.63) is 35.6 Å². The van der Waals surface area contributed by atoms with Crippen molar-refractivity contribution in [3.63, 3.8) is 0 Å². The first-order valence-corrected chi connectivity index (χ1v) is 4.81. The number of halogens is 1. The van der Waals surface area contributed by atoms with Gasteiger partial charge in [0, 0.05) is 25.6 Å². The number of hydrogen-bond acceptors (Lipinski definition) is 2. The third-order valence-corrected chi connectivity index (χ3v) is 1.96. The molecular formula is C12H11FN2O2. The zero-order valence-corrected chi connectivity index (χ0v) is 9.45. The van der Waals surface area contributed by atoms with E-state index < -0.39 is 17.8 Å². The summed E-state index contributed by atoms with van der Waals surface area (Å²) < 4.78 is 12.8. The molecular weight excluding hydrogens is 223 g/mol. The number of imide groups is 1. The van der Waals surface area contributed by atoms with E-state index in [1.807, 2.05) is 0 Å². The summed E-state index contributed by atoms with van der Waals surface area (Å²) in [5.41, 5.74) is 0.378. The van der Waals surface area contributed by atoms with E-state index in [9.17, 15) is 14.0 Å². The molecule has 88 valence electrons. The van der Waals surface area contributed by atoms with Crippen molar-refractivity contribution in [3.8, 4) is 11.8 Å². The molecule has 0 fully saturated rings. The van der Waals surface area contributed by atoms with Crippen molar-refractivity contribution < 1.29 is 14.0 Å². The minimum atomic E-state index is -0.659. The van der Waals surface area contributed by atoms with Gasteiger partial charge in [0.1, 0.15) is 5.82 Å². The molecule has 3 amide bonds. The summed E-state index contributed by atoms with van der Waals surface area (Å²) in [4.78, 5) is 23.3. The van der Waals surface area contributed by atoms with E-state index in [-0.39, 0.29) is 0 Å². The molecule has 1 aromatic rings. The fourth-order valence-electron chi connectivity index (χ4n) is 1.04. The Morgan fingerprint density at radius 2 is 2.12 bits per heavy atom. The molecule has 17 heavy (non-hydrogen) atoms. The second-order valence-electron chi connectivity index (χ2n) is 3.18. The fraction of sp³-hybridized carbons (Fsp3) is 0.167. The Kier molecular flexibility index (Phi) is 4.23. The minimum Gasteiger partial charge on any atom is -0.341 e. The average Bonchev–Trinajstić information content (AvgIpc) is 2.34. The molecule has 0 aromatic heterocycles. The molecule has 1 aromatic carbocycles. The van der Waals surface area contributed by atoms with E-state index in [1.165, 1.54) is 32.3 Å². The van der Waals surface area contributed by atoms with Crippen LogP contribution in [0, 0.1) is 17.7 Å². The van der Waals surface area contributed by atoms with Crippen LogP contribution in [0.1, 0.15) is 5.56 Å². The highest BCUT2D eigenvalue weighted by atomic mass is 19.1. The number of benzene rings is 1. The molecule has 0 unspecified atom stereocenters. The normalized spacial score (nSPS) is 8.88. The predicted molar refractivity (Wildman–Crippen MR) is 60.5 cm³/mol. The number of rotatable bonds is 0. The molecule has 1 rings (SSSR count). The summed E-state index contributed by atoms with van der Waals surface area (Å²) in [5, 5.41) is 2.29. The van der Waals surface area contributed by atoms with Crippen molar-refractivity contribution in [1.29, 1.82) is 0 Å². The molecule has 0 aliphatic heterocycles. The van der Waals surface area contributed by atoms with E-state index in [1.54, 1.807) is 6.07 Å². The largest absolute Gasteiger partial charge is 0.341 e. The van der Waals surface area contributed by atoms with Crippen molar-refractivity contribution in [2.24, 2.45) is 0 Å². The van der Waals surface area contributed by atoms with Gasteiger partial charge in [0.25, 0.3) is 0 Å². The summed E-state index contributed by atoms with van der Waals surface area (Å²) in [7, 11) is 2.72.